The van der Waals surface area contributed by atoms with Crippen molar-refractivity contribution in [2.75, 3.05) is 5.32 Å². The minimum absolute atomic E-state index is 0.264. The van der Waals surface area contributed by atoms with Crippen molar-refractivity contribution in [2.24, 2.45) is 0 Å². The topological polar surface area (TPSA) is 42.2 Å². The molecule has 1 N–H and O–H groups in total. The van der Waals surface area contributed by atoms with E-state index in [1.165, 1.54) is 0 Å². The van der Waals surface area contributed by atoms with Crippen LogP contribution in [0.3, 0.4) is 0 Å². The zero-order valence-electron chi connectivity index (χ0n) is 10.2. The van der Waals surface area contributed by atoms with Gasteiger partial charge in [0.05, 0.1) is 0 Å². The molecule has 0 unspecified atom stereocenters. The lowest BCUT2D eigenvalue weighted by Gasteiger charge is -2.02. The van der Waals surface area contributed by atoms with E-state index >= 15 is 0 Å². The van der Waals surface area contributed by atoms with Gasteiger partial charge in [-0.2, -0.15) is 0 Å². The highest BCUT2D eigenvalue weighted by Gasteiger charge is 2.12. The van der Waals surface area contributed by atoms with Crippen molar-refractivity contribution in [3.05, 3.63) is 63.2 Å². The first kappa shape index (κ1) is 13.4. The highest BCUT2D eigenvalue weighted by molar-refractivity contribution is 9.10. The summed E-state index contributed by atoms with van der Waals surface area (Å²) in [6.07, 6.45) is 0. The Bertz CT molecular complexity index is 778. The van der Waals surface area contributed by atoms with Gasteiger partial charge in [-0.25, -0.2) is 0 Å². The number of nitrogens with one attached hydrogen (secondary N) is 1. The fraction of sp³-hybridized carbons (Fsp3) is 0. The van der Waals surface area contributed by atoms with Gasteiger partial charge >= 0.3 is 0 Å². The van der Waals surface area contributed by atoms with E-state index in [0.717, 1.165) is 20.0 Å². The summed E-state index contributed by atoms with van der Waals surface area (Å²) in [5.74, 6) is 0.0284. The number of benzene rings is 2. The SMILES string of the molecule is O=C(Nc1ccc(Br)cc1)c1cc2cc(Br)ccc2o1. The first-order valence-corrected chi connectivity index (χ1v) is 7.46. The molecule has 2 aromatic carbocycles. The van der Waals surface area contributed by atoms with Crippen molar-refractivity contribution in [1.29, 1.82) is 0 Å². The summed E-state index contributed by atoms with van der Waals surface area (Å²) in [5.41, 5.74) is 1.41. The zero-order valence-corrected chi connectivity index (χ0v) is 13.4. The van der Waals surface area contributed by atoms with E-state index in [1.807, 2.05) is 42.5 Å². The van der Waals surface area contributed by atoms with Crippen LogP contribution in [0, 0.1) is 0 Å². The molecule has 1 amide bonds. The average molecular weight is 395 g/mol. The van der Waals surface area contributed by atoms with Gasteiger partial charge in [0.25, 0.3) is 5.91 Å². The van der Waals surface area contributed by atoms with Crippen molar-refractivity contribution >= 4 is 54.4 Å². The van der Waals surface area contributed by atoms with Gasteiger partial charge in [0.15, 0.2) is 5.76 Å². The lowest BCUT2D eigenvalue weighted by atomic mass is 10.2. The number of amides is 1. The van der Waals surface area contributed by atoms with Crippen LogP contribution in [0.15, 0.2) is 61.9 Å². The number of halogens is 2. The summed E-state index contributed by atoms with van der Waals surface area (Å²) in [6, 6.07) is 14.7. The van der Waals surface area contributed by atoms with E-state index in [1.54, 1.807) is 6.07 Å². The molecule has 3 rings (SSSR count). The standard InChI is InChI=1S/C15H9Br2NO2/c16-10-1-4-12(5-2-10)18-15(19)14-8-9-7-11(17)3-6-13(9)20-14/h1-8H,(H,18,19). The summed E-state index contributed by atoms with van der Waals surface area (Å²) < 4.78 is 7.45. The van der Waals surface area contributed by atoms with Crippen LogP contribution < -0.4 is 5.32 Å². The van der Waals surface area contributed by atoms with Gasteiger partial charge in [0.1, 0.15) is 5.58 Å². The molecule has 0 aliphatic rings. The Hall–Kier alpha value is -1.59. The maximum atomic E-state index is 12.1. The van der Waals surface area contributed by atoms with Crippen LogP contribution in [0.1, 0.15) is 10.6 Å². The summed E-state index contributed by atoms with van der Waals surface area (Å²) in [7, 11) is 0. The largest absolute Gasteiger partial charge is 0.451 e. The third-order valence-corrected chi connectivity index (χ3v) is 3.83. The van der Waals surface area contributed by atoms with Crippen LogP contribution in [0.25, 0.3) is 11.0 Å². The second kappa shape index (κ2) is 5.42. The van der Waals surface area contributed by atoms with E-state index < -0.39 is 0 Å². The molecule has 0 saturated heterocycles. The molecule has 1 aromatic heterocycles. The minimum Gasteiger partial charge on any atom is -0.451 e. The first-order chi connectivity index (χ1) is 9.61. The molecule has 20 heavy (non-hydrogen) atoms. The van der Waals surface area contributed by atoms with Crippen LogP contribution in [-0.2, 0) is 0 Å². The third kappa shape index (κ3) is 2.78. The van der Waals surface area contributed by atoms with Gasteiger partial charge < -0.3 is 9.73 Å². The van der Waals surface area contributed by atoms with Crippen molar-refractivity contribution in [3.63, 3.8) is 0 Å². The maximum absolute atomic E-state index is 12.1. The van der Waals surface area contributed by atoms with Crippen LogP contribution in [0.2, 0.25) is 0 Å². The van der Waals surface area contributed by atoms with E-state index in [0.29, 0.717) is 11.3 Å². The van der Waals surface area contributed by atoms with Gasteiger partial charge in [-0.15, -0.1) is 0 Å². The van der Waals surface area contributed by atoms with Gasteiger partial charge in [-0.1, -0.05) is 31.9 Å². The third-order valence-electron chi connectivity index (χ3n) is 2.80. The summed E-state index contributed by atoms with van der Waals surface area (Å²) in [4.78, 5) is 12.1. The summed E-state index contributed by atoms with van der Waals surface area (Å²) in [5, 5.41) is 3.68. The molecule has 5 heteroatoms. The van der Waals surface area contributed by atoms with Crippen molar-refractivity contribution in [2.45, 2.75) is 0 Å². The highest BCUT2D eigenvalue weighted by Crippen LogP contribution is 2.24. The number of furan rings is 1. The predicted octanol–water partition coefficient (Wildman–Crippen LogP) is 5.21. The summed E-state index contributed by atoms with van der Waals surface area (Å²) >= 11 is 6.74. The Morgan fingerprint density at radius 1 is 0.950 bits per heavy atom. The van der Waals surface area contributed by atoms with Gasteiger partial charge in [-0.05, 0) is 48.5 Å². The Balaban J connectivity index is 1.86. The van der Waals surface area contributed by atoms with Gasteiger partial charge in [0.2, 0.25) is 0 Å². The molecule has 0 spiro atoms. The van der Waals surface area contributed by atoms with Gasteiger partial charge in [0, 0.05) is 20.0 Å². The number of rotatable bonds is 2. The zero-order chi connectivity index (χ0) is 14.1. The quantitative estimate of drug-likeness (QED) is 0.648. The lowest BCUT2D eigenvalue weighted by molar-refractivity contribution is 0.0998. The summed E-state index contributed by atoms with van der Waals surface area (Å²) in [6.45, 7) is 0. The second-order valence-electron chi connectivity index (χ2n) is 4.25. The van der Waals surface area contributed by atoms with E-state index in [4.69, 9.17) is 4.42 Å². The van der Waals surface area contributed by atoms with Crippen LogP contribution in [0.5, 0.6) is 0 Å². The molecule has 0 saturated carbocycles. The van der Waals surface area contributed by atoms with Crippen molar-refractivity contribution in [3.8, 4) is 0 Å². The molecule has 0 bridgehead atoms. The molecule has 0 fully saturated rings. The van der Waals surface area contributed by atoms with E-state index in [-0.39, 0.29) is 5.91 Å². The predicted molar refractivity (Wildman–Crippen MR) is 86.0 cm³/mol. The van der Waals surface area contributed by atoms with Crippen LogP contribution in [-0.4, -0.2) is 5.91 Å². The van der Waals surface area contributed by atoms with Crippen LogP contribution >= 0.6 is 31.9 Å². The fourth-order valence-corrected chi connectivity index (χ4v) is 2.50. The molecule has 0 aliphatic carbocycles. The fourth-order valence-electron chi connectivity index (χ4n) is 1.85. The Morgan fingerprint density at radius 3 is 2.40 bits per heavy atom. The monoisotopic (exact) mass is 393 g/mol. The highest BCUT2D eigenvalue weighted by atomic mass is 79.9. The number of anilines is 1. The molecular weight excluding hydrogens is 386 g/mol. The Labute approximate surface area is 132 Å². The number of hydrogen-bond donors (Lipinski definition) is 1. The lowest BCUT2D eigenvalue weighted by Crippen LogP contribution is -2.10. The Kier molecular flexibility index (Phi) is 3.63. The van der Waals surface area contributed by atoms with Crippen molar-refractivity contribution in [1.82, 2.24) is 0 Å². The average Bonchev–Trinajstić information content (AvgIpc) is 2.84. The molecule has 1 heterocycles. The number of carbonyl (C=O) groups excluding carboxylic acids is 1. The second-order valence-corrected chi connectivity index (χ2v) is 6.09. The maximum Gasteiger partial charge on any atom is 0.291 e. The van der Waals surface area contributed by atoms with E-state index in [2.05, 4.69) is 37.2 Å². The number of fused-ring (bicyclic) bond motifs is 1. The molecule has 3 nitrogen and oxygen atoms in total. The normalized spacial score (nSPS) is 10.7. The van der Waals surface area contributed by atoms with Crippen molar-refractivity contribution < 1.29 is 9.21 Å². The molecule has 3 aromatic rings. The smallest absolute Gasteiger partial charge is 0.291 e. The molecule has 0 aliphatic heterocycles. The molecule has 0 atom stereocenters. The molecule has 0 radical (unpaired) electrons. The molecule has 100 valence electrons. The number of carbonyl (C=O) groups is 1. The first-order valence-electron chi connectivity index (χ1n) is 5.88. The minimum atomic E-state index is -0.264. The molecular formula is C15H9Br2NO2. The number of hydrogen-bond acceptors (Lipinski definition) is 2. The van der Waals surface area contributed by atoms with Crippen LogP contribution in [0.4, 0.5) is 5.69 Å². The Morgan fingerprint density at radius 2 is 1.65 bits per heavy atom. The van der Waals surface area contributed by atoms with Gasteiger partial charge in [-0.3, -0.25) is 4.79 Å². The van der Waals surface area contributed by atoms with E-state index in [9.17, 15) is 4.79 Å².